The molecule has 2 aromatic heterocycles. The molecule has 7 heteroatoms. The van der Waals surface area contributed by atoms with E-state index in [1.807, 2.05) is 30.3 Å². The molecule has 3 aromatic rings. The van der Waals surface area contributed by atoms with E-state index in [0.29, 0.717) is 17.0 Å². The Hall–Kier alpha value is -2.51. The number of hydrogen-bond donors (Lipinski definition) is 2. The molecule has 0 aliphatic carbocycles. The van der Waals surface area contributed by atoms with Gasteiger partial charge in [0.15, 0.2) is 0 Å². The van der Waals surface area contributed by atoms with Crippen molar-refractivity contribution in [2.45, 2.75) is 20.0 Å². The molecule has 0 saturated heterocycles. The normalized spacial score (nSPS) is 12.3. The SMILES string of the molecule is Cc1nn(C)c(C)c1C(=O)C(=O)NCC(O)c1cc2ccccc2s1. The van der Waals surface area contributed by atoms with Gasteiger partial charge in [0, 0.05) is 28.9 Å². The maximum absolute atomic E-state index is 12.3. The molecule has 1 amide bonds. The molecular formula is C18H19N3O3S. The van der Waals surface area contributed by atoms with Gasteiger partial charge < -0.3 is 10.4 Å². The lowest BCUT2D eigenvalue weighted by Gasteiger charge is -2.09. The fourth-order valence-electron chi connectivity index (χ4n) is 2.75. The highest BCUT2D eigenvalue weighted by molar-refractivity contribution is 7.19. The Labute approximate surface area is 149 Å². The van der Waals surface area contributed by atoms with Crippen LogP contribution < -0.4 is 5.32 Å². The molecule has 3 rings (SSSR count). The average molecular weight is 357 g/mol. The Morgan fingerprint density at radius 2 is 2.04 bits per heavy atom. The largest absolute Gasteiger partial charge is 0.386 e. The summed E-state index contributed by atoms with van der Waals surface area (Å²) in [6.45, 7) is 3.42. The Bertz CT molecular complexity index is 925. The molecule has 0 aliphatic heterocycles. The van der Waals surface area contributed by atoms with Gasteiger partial charge in [0.1, 0.15) is 6.10 Å². The van der Waals surface area contributed by atoms with Crippen molar-refractivity contribution in [3.63, 3.8) is 0 Å². The molecule has 6 nitrogen and oxygen atoms in total. The number of ketones is 1. The number of thiophene rings is 1. The molecule has 0 saturated carbocycles. The fourth-order valence-corrected chi connectivity index (χ4v) is 3.80. The summed E-state index contributed by atoms with van der Waals surface area (Å²) in [6.07, 6.45) is -0.856. The number of aliphatic hydroxyl groups is 1. The van der Waals surface area contributed by atoms with Gasteiger partial charge in [-0.3, -0.25) is 14.3 Å². The second kappa shape index (κ2) is 6.78. The second-order valence-corrected chi connectivity index (χ2v) is 7.03. The number of fused-ring (bicyclic) bond motifs is 1. The number of hydrogen-bond acceptors (Lipinski definition) is 5. The van der Waals surface area contributed by atoms with Gasteiger partial charge in [0.2, 0.25) is 0 Å². The van der Waals surface area contributed by atoms with E-state index < -0.39 is 17.8 Å². The molecule has 0 radical (unpaired) electrons. The molecule has 0 bridgehead atoms. The lowest BCUT2D eigenvalue weighted by Crippen LogP contribution is -2.34. The minimum absolute atomic E-state index is 0.0181. The van der Waals surface area contributed by atoms with Crippen LogP contribution in [0, 0.1) is 13.8 Å². The van der Waals surface area contributed by atoms with Gasteiger partial charge in [-0.05, 0) is 31.4 Å². The first-order valence-corrected chi connectivity index (χ1v) is 8.69. The van der Waals surface area contributed by atoms with E-state index in [9.17, 15) is 14.7 Å². The number of aryl methyl sites for hydroxylation is 2. The average Bonchev–Trinajstić information content (AvgIpc) is 3.13. The predicted octanol–water partition coefficient (Wildman–Crippen LogP) is 2.28. The van der Waals surface area contributed by atoms with Gasteiger partial charge in [0.05, 0.1) is 11.3 Å². The third-order valence-electron chi connectivity index (χ3n) is 4.17. The van der Waals surface area contributed by atoms with E-state index in [2.05, 4.69) is 10.4 Å². The number of nitrogens with one attached hydrogen (secondary N) is 1. The standard InChI is InChI=1S/C18H19N3O3S/c1-10-16(11(2)21(3)20-10)17(23)18(24)19-9-13(22)15-8-12-6-4-5-7-14(12)25-15/h4-8,13,22H,9H2,1-3H3,(H,19,24). The number of aromatic nitrogens is 2. The second-order valence-electron chi connectivity index (χ2n) is 5.91. The van der Waals surface area contributed by atoms with Gasteiger partial charge in [-0.1, -0.05) is 18.2 Å². The summed E-state index contributed by atoms with van der Waals surface area (Å²) in [5.74, 6) is -1.37. The van der Waals surface area contributed by atoms with Gasteiger partial charge in [-0.25, -0.2) is 0 Å². The van der Waals surface area contributed by atoms with E-state index in [1.165, 1.54) is 11.3 Å². The minimum atomic E-state index is -0.856. The summed E-state index contributed by atoms with van der Waals surface area (Å²) < 4.78 is 2.64. The minimum Gasteiger partial charge on any atom is -0.386 e. The van der Waals surface area contributed by atoms with Crippen LogP contribution in [0.15, 0.2) is 30.3 Å². The van der Waals surface area contributed by atoms with Crippen molar-refractivity contribution < 1.29 is 14.7 Å². The van der Waals surface area contributed by atoms with Crippen LogP contribution >= 0.6 is 11.3 Å². The maximum atomic E-state index is 12.3. The van der Waals surface area contributed by atoms with Crippen molar-refractivity contribution >= 4 is 33.1 Å². The number of carbonyl (C=O) groups excluding carboxylic acids is 2. The number of benzene rings is 1. The van der Waals surface area contributed by atoms with Crippen LogP contribution in [0.5, 0.6) is 0 Å². The summed E-state index contributed by atoms with van der Waals surface area (Å²) in [6, 6.07) is 9.72. The van der Waals surface area contributed by atoms with Crippen molar-refractivity contribution in [2.24, 2.45) is 7.05 Å². The van der Waals surface area contributed by atoms with Crippen LogP contribution in [0.1, 0.15) is 32.7 Å². The van der Waals surface area contributed by atoms with Gasteiger partial charge >= 0.3 is 0 Å². The topological polar surface area (TPSA) is 84.2 Å². The van der Waals surface area contributed by atoms with Crippen molar-refractivity contribution in [3.05, 3.63) is 52.2 Å². The molecule has 2 N–H and O–H groups in total. The number of carbonyl (C=O) groups is 2. The van der Waals surface area contributed by atoms with E-state index in [4.69, 9.17) is 0 Å². The molecule has 0 spiro atoms. The number of amides is 1. The summed E-state index contributed by atoms with van der Waals surface area (Å²) in [5.41, 5.74) is 1.48. The van der Waals surface area contributed by atoms with Crippen LogP contribution in [-0.4, -0.2) is 33.1 Å². The molecule has 0 fully saturated rings. The molecule has 1 aromatic carbocycles. The Balaban J connectivity index is 1.68. The third-order valence-corrected chi connectivity index (χ3v) is 5.39. The molecule has 25 heavy (non-hydrogen) atoms. The fraction of sp³-hybridized carbons (Fsp3) is 0.278. The molecule has 1 unspecified atom stereocenters. The summed E-state index contributed by atoms with van der Waals surface area (Å²) in [4.78, 5) is 25.3. The highest BCUT2D eigenvalue weighted by Crippen LogP contribution is 2.29. The molecule has 130 valence electrons. The zero-order valence-corrected chi connectivity index (χ0v) is 15.1. The van der Waals surface area contributed by atoms with Gasteiger partial charge in [-0.2, -0.15) is 5.10 Å². The Morgan fingerprint density at radius 3 is 2.68 bits per heavy atom. The molecule has 0 aliphatic rings. The Morgan fingerprint density at radius 1 is 1.32 bits per heavy atom. The van der Waals surface area contributed by atoms with Crippen molar-refractivity contribution in [3.8, 4) is 0 Å². The van der Waals surface area contributed by atoms with Crippen LogP contribution in [0.25, 0.3) is 10.1 Å². The first-order chi connectivity index (χ1) is 11.9. The third kappa shape index (κ3) is 3.33. The number of aliphatic hydroxyl groups excluding tert-OH is 1. The monoisotopic (exact) mass is 357 g/mol. The van der Waals surface area contributed by atoms with E-state index in [0.717, 1.165) is 15.0 Å². The zero-order valence-electron chi connectivity index (χ0n) is 14.2. The summed E-state index contributed by atoms with van der Waals surface area (Å²) >= 11 is 1.47. The highest BCUT2D eigenvalue weighted by atomic mass is 32.1. The van der Waals surface area contributed by atoms with E-state index >= 15 is 0 Å². The molecule has 2 heterocycles. The van der Waals surface area contributed by atoms with E-state index in [-0.39, 0.29) is 6.54 Å². The maximum Gasteiger partial charge on any atom is 0.292 e. The lowest BCUT2D eigenvalue weighted by molar-refractivity contribution is -0.117. The number of rotatable bonds is 5. The molecular weight excluding hydrogens is 338 g/mol. The van der Waals surface area contributed by atoms with Gasteiger partial charge in [0.25, 0.3) is 11.7 Å². The van der Waals surface area contributed by atoms with Crippen LogP contribution in [-0.2, 0) is 11.8 Å². The highest BCUT2D eigenvalue weighted by Gasteiger charge is 2.24. The predicted molar refractivity (Wildman–Crippen MR) is 96.8 cm³/mol. The van der Waals surface area contributed by atoms with Crippen molar-refractivity contribution in [1.82, 2.24) is 15.1 Å². The van der Waals surface area contributed by atoms with Crippen LogP contribution in [0.3, 0.4) is 0 Å². The Kier molecular flexibility index (Phi) is 4.69. The number of nitrogens with zero attached hydrogens (tertiary/aromatic N) is 2. The first kappa shape index (κ1) is 17.3. The lowest BCUT2D eigenvalue weighted by atomic mass is 10.1. The van der Waals surface area contributed by atoms with Crippen molar-refractivity contribution in [2.75, 3.05) is 6.54 Å². The van der Waals surface area contributed by atoms with Gasteiger partial charge in [-0.15, -0.1) is 11.3 Å². The van der Waals surface area contributed by atoms with E-state index in [1.54, 1.807) is 25.6 Å². The van der Waals surface area contributed by atoms with Crippen LogP contribution in [0.2, 0.25) is 0 Å². The van der Waals surface area contributed by atoms with Crippen molar-refractivity contribution in [1.29, 1.82) is 0 Å². The summed E-state index contributed by atoms with van der Waals surface area (Å²) in [7, 11) is 1.72. The quantitative estimate of drug-likeness (QED) is 0.542. The zero-order chi connectivity index (χ0) is 18.1. The first-order valence-electron chi connectivity index (χ1n) is 7.87. The molecule has 1 atom stereocenters. The summed E-state index contributed by atoms with van der Waals surface area (Å²) in [5, 5.41) is 18.0. The van der Waals surface area contributed by atoms with Crippen LogP contribution in [0.4, 0.5) is 0 Å². The smallest absolute Gasteiger partial charge is 0.292 e. The number of Topliss-reactive ketones (excluding diaryl/α,β-unsaturated/α-hetero) is 1.